The molecule has 12 nitrogen and oxygen atoms in total. The topological polar surface area (TPSA) is 123 Å². The van der Waals surface area contributed by atoms with Crippen LogP contribution < -0.4 is 10.1 Å². The fourth-order valence-electron chi connectivity index (χ4n) is 4.56. The van der Waals surface area contributed by atoms with Crippen molar-refractivity contribution in [2.45, 2.75) is 97.5 Å². The molecule has 0 aliphatic carbocycles. The van der Waals surface area contributed by atoms with E-state index in [0.717, 1.165) is 24.1 Å². The number of nitrogens with zero attached hydrogens (tertiary/aromatic N) is 6. The number of hydrogen-bond acceptors (Lipinski definition) is 9. The number of rotatable bonds is 6. The molecule has 38 heavy (non-hydrogen) atoms. The van der Waals surface area contributed by atoms with Crippen molar-refractivity contribution in [2.75, 3.05) is 31.5 Å². The molecule has 1 atom stereocenters. The predicted molar refractivity (Wildman–Crippen MR) is 142 cm³/mol. The maximum absolute atomic E-state index is 12.8. The van der Waals surface area contributed by atoms with Gasteiger partial charge in [0.25, 0.3) is 0 Å². The van der Waals surface area contributed by atoms with E-state index in [0.29, 0.717) is 44.6 Å². The third kappa shape index (κ3) is 6.76. The van der Waals surface area contributed by atoms with E-state index in [1.165, 1.54) is 0 Å². The summed E-state index contributed by atoms with van der Waals surface area (Å²) in [7, 11) is 0. The second kappa shape index (κ2) is 11.2. The molecule has 210 valence electrons. The molecule has 1 N–H and O–H groups in total. The van der Waals surface area contributed by atoms with Gasteiger partial charge in [0.05, 0.1) is 18.8 Å². The molecule has 2 aromatic rings. The molecule has 2 amide bonds. The highest BCUT2D eigenvalue weighted by atomic mass is 16.6. The summed E-state index contributed by atoms with van der Waals surface area (Å²) in [5, 5.41) is 8.01. The Hall–Kier alpha value is -3.31. The molecule has 2 fully saturated rings. The van der Waals surface area contributed by atoms with Crippen LogP contribution in [-0.2, 0) is 9.47 Å². The number of nitrogens with one attached hydrogen (secondary N) is 1. The summed E-state index contributed by atoms with van der Waals surface area (Å²) >= 11 is 0. The third-order valence-electron chi connectivity index (χ3n) is 6.49. The molecule has 4 heterocycles. The van der Waals surface area contributed by atoms with Crippen LogP contribution in [0.3, 0.4) is 0 Å². The van der Waals surface area contributed by atoms with E-state index in [2.05, 4.69) is 34.2 Å². The molecule has 2 aromatic heterocycles. The van der Waals surface area contributed by atoms with Crippen molar-refractivity contribution in [2.24, 2.45) is 0 Å². The summed E-state index contributed by atoms with van der Waals surface area (Å²) in [6, 6.07) is 0.417. The lowest BCUT2D eigenvalue weighted by Gasteiger charge is -2.32. The Morgan fingerprint density at radius 1 is 1.00 bits per heavy atom. The van der Waals surface area contributed by atoms with Gasteiger partial charge in [0.2, 0.25) is 5.95 Å². The van der Waals surface area contributed by atoms with Gasteiger partial charge in [-0.05, 0) is 53.4 Å². The van der Waals surface area contributed by atoms with E-state index < -0.39 is 5.60 Å². The lowest BCUT2D eigenvalue weighted by molar-refractivity contribution is 0.0235. The van der Waals surface area contributed by atoms with E-state index in [4.69, 9.17) is 14.2 Å². The summed E-state index contributed by atoms with van der Waals surface area (Å²) in [6.45, 7) is 15.6. The molecule has 4 rings (SSSR count). The Balaban J connectivity index is 1.32. The van der Waals surface area contributed by atoms with Gasteiger partial charge in [-0.1, -0.05) is 13.8 Å². The minimum absolute atomic E-state index is 0.0546. The van der Waals surface area contributed by atoms with Crippen LogP contribution in [-0.4, -0.2) is 91.6 Å². The SMILES string of the molecule is CC(C)Oc1nc(NC2CCN(C(=O)O[C@H]3CCN(C(=O)OC(C)(C)C)C3)CC2)n2ncc(C(C)C)c2n1. The highest BCUT2D eigenvalue weighted by Crippen LogP contribution is 2.25. The van der Waals surface area contributed by atoms with E-state index >= 15 is 0 Å². The maximum atomic E-state index is 12.8. The molecule has 0 radical (unpaired) electrons. The second-order valence-corrected chi connectivity index (χ2v) is 11.6. The van der Waals surface area contributed by atoms with E-state index in [-0.39, 0.29) is 36.4 Å². The number of ether oxygens (including phenoxy) is 3. The van der Waals surface area contributed by atoms with Gasteiger partial charge in [0.15, 0.2) is 5.65 Å². The largest absolute Gasteiger partial charge is 0.461 e. The monoisotopic (exact) mass is 531 g/mol. The van der Waals surface area contributed by atoms with Crippen LogP contribution >= 0.6 is 0 Å². The summed E-state index contributed by atoms with van der Waals surface area (Å²) in [4.78, 5) is 37.6. The quantitative estimate of drug-likeness (QED) is 0.588. The molecule has 2 saturated heterocycles. The second-order valence-electron chi connectivity index (χ2n) is 11.6. The van der Waals surface area contributed by atoms with E-state index in [1.807, 2.05) is 40.8 Å². The van der Waals surface area contributed by atoms with Gasteiger partial charge >= 0.3 is 18.2 Å². The number of carbonyl (C=O) groups is 2. The van der Waals surface area contributed by atoms with E-state index in [1.54, 1.807) is 14.3 Å². The van der Waals surface area contributed by atoms with Crippen LogP contribution in [0.4, 0.5) is 15.5 Å². The molecule has 2 aliphatic heterocycles. The van der Waals surface area contributed by atoms with Crippen molar-refractivity contribution in [1.29, 1.82) is 0 Å². The van der Waals surface area contributed by atoms with Crippen molar-refractivity contribution < 1.29 is 23.8 Å². The molecule has 0 aromatic carbocycles. The van der Waals surface area contributed by atoms with Gasteiger partial charge in [-0.3, -0.25) is 0 Å². The molecule has 2 aliphatic rings. The van der Waals surface area contributed by atoms with Crippen molar-refractivity contribution in [3.8, 4) is 6.01 Å². The van der Waals surface area contributed by atoms with Gasteiger partial charge in [-0.25, -0.2) is 9.59 Å². The summed E-state index contributed by atoms with van der Waals surface area (Å²) in [5.74, 6) is 0.833. The number of anilines is 1. The van der Waals surface area contributed by atoms with Crippen LogP contribution in [0.2, 0.25) is 0 Å². The Bertz CT molecular complexity index is 1130. The molecule has 0 bridgehead atoms. The maximum Gasteiger partial charge on any atom is 0.410 e. The van der Waals surface area contributed by atoms with Crippen LogP contribution in [0.25, 0.3) is 5.65 Å². The average Bonchev–Trinajstić information content (AvgIpc) is 3.45. The zero-order chi connectivity index (χ0) is 27.6. The molecule has 0 spiro atoms. The van der Waals surface area contributed by atoms with Crippen LogP contribution in [0, 0.1) is 0 Å². The normalized spacial score (nSPS) is 18.9. The first-order valence-corrected chi connectivity index (χ1v) is 13.5. The first-order chi connectivity index (χ1) is 17.9. The average molecular weight is 532 g/mol. The van der Waals surface area contributed by atoms with Crippen LogP contribution in [0.1, 0.15) is 79.2 Å². The zero-order valence-corrected chi connectivity index (χ0v) is 23.6. The first-order valence-electron chi connectivity index (χ1n) is 13.5. The van der Waals surface area contributed by atoms with Gasteiger partial charge in [-0.2, -0.15) is 19.6 Å². The number of hydrogen-bond donors (Lipinski definition) is 1. The number of carbonyl (C=O) groups excluding carboxylic acids is 2. The lowest BCUT2D eigenvalue weighted by atomic mass is 10.1. The minimum Gasteiger partial charge on any atom is -0.461 e. The number of piperidine rings is 1. The lowest BCUT2D eigenvalue weighted by Crippen LogP contribution is -2.44. The number of amides is 2. The summed E-state index contributed by atoms with van der Waals surface area (Å²) < 4.78 is 18.7. The molecule has 0 unspecified atom stereocenters. The fourth-order valence-corrected chi connectivity index (χ4v) is 4.56. The predicted octanol–water partition coefficient (Wildman–Crippen LogP) is 4.06. The van der Waals surface area contributed by atoms with Crippen LogP contribution in [0.5, 0.6) is 6.01 Å². The van der Waals surface area contributed by atoms with Crippen molar-refractivity contribution in [1.82, 2.24) is 29.4 Å². The molecule has 0 saturated carbocycles. The van der Waals surface area contributed by atoms with E-state index in [9.17, 15) is 9.59 Å². The third-order valence-corrected chi connectivity index (χ3v) is 6.49. The number of fused-ring (bicyclic) bond motifs is 1. The van der Waals surface area contributed by atoms with Crippen molar-refractivity contribution in [3.63, 3.8) is 0 Å². The zero-order valence-electron chi connectivity index (χ0n) is 23.6. The minimum atomic E-state index is -0.557. The van der Waals surface area contributed by atoms with Gasteiger partial charge in [0.1, 0.15) is 11.7 Å². The number of likely N-dealkylation sites (tertiary alicyclic amines) is 2. The summed E-state index contributed by atoms with van der Waals surface area (Å²) in [5.41, 5.74) is 1.20. The highest BCUT2D eigenvalue weighted by Gasteiger charge is 2.33. The van der Waals surface area contributed by atoms with Gasteiger partial charge in [0, 0.05) is 37.7 Å². The summed E-state index contributed by atoms with van der Waals surface area (Å²) in [6.07, 6.45) is 2.80. The molecular formula is C26H41N7O5. The standard InChI is InChI=1S/C26H41N7O5/c1-16(2)20-14-27-33-21(20)29-23(36-17(3)4)30-22(33)28-18-8-11-31(12-9-18)24(34)37-19-10-13-32(15-19)25(35)38-26(5,6)7/h14,16-19H,8-13,15H2,1-7H3,(H,28,29,30)/t19-/m0/s1. The Morgan fingerprint density at radius 2 is 1.68 bits per heavy atom. The Kier molecular flexibility index (Phi) is 8.17. The first kappa shape index (κ1) is 27.7. The molecular weight excluding hydrogens is 490 g/mol. The van der Waals surface area contributed by atoms with Crippen molar-refractivity contribution >= 4 is 23.8 Å². The Morgan fingerprint density at radius 3 is 2.32 bits per heavy atom. The molecule has 12 heteroatoms. The van der Waals surface area contributed by atoms with Crippen molar-refractivity contribution in [3.05, 3.63) is 11.8 Å². The number of aromatic nitrogens is 4. The van der Waals surface area contributed by atoms with Crippen LogP contribution in [0.15, 0.2) is 6.20 Å². The van der Waals surface area contributed by atoms with Gasteiger partial charge in [-0.15, -0.1) is 0 Å². The highest BCUT2D eigenvalue weighted by molar-refractivity contribution is 5.70. The Labute approximate surface area is 224 Å². The fraction of sp³-hybridized carbons (Fsp3) is 0.731. The smallest absolute Gasteiger partial charge is 0.410 e. The van der Waals surface area contributed by atoms with Gasteiger partial charge < -0.3 is 29.3 Å².